The lowest BCUT2D eigenvalue weighted by molar-refractivity contribution is 0.261. The molecule has 1 aromatic heterocycles. The molecular formula is C13H18N2O2. The highest BCUT2D eigenvalue weighted by Crippen LogP contribution is 2.23. The highest BCUT2D eigenvalue weighted by atomic mass is 16.3. The number of benzene rings is 1. The van der Waals surface area contributed by atoms with Gasteiger partial charge in [0.05, 0.1) is 0 Å². The van der Waals surface area contributed by atoms with Crippen LogP contribution in [0.5, 0.6) is 0 Å². The molecule has 0 fully saturated rings. The van der Waals surface area contributed by atoms with Crippen LogP contribution in [0.15, 0.2) is 22.6 Å². The molecule has 1 aromatic carbocycles. The molecule has 0 aliphatic rings. The SMILES string of the molecule is Cc1nc2cc(NC(C)(C)CCO)ccc2o1. The minimum Gasteiger partial charge on any atom is -0.441 e. The topological polar surface area (TPSA) is 58.3 Å². The van der Waals surface area contributed by atoms with E-state index < -0.39 is 0 Å². The average Bonchev–Trinajstić information content (AvgIpc) is 2.56. The van der Waals surface area contributed by atoms with Crippen molar-refractivity contribution < 1.29 is 9.52 Å². The van der Waals surface area contributed by atoms with Crippen LogP contribution in [0, 0.1) is 6.92 Å². The molecule has 2 N–H and O–H groups in total. The Morgan fingerprint density at radius 3 is 2.88 bits per heavy atom. The first-order valence-electron chi connectivity index (χ1n) is 5.76. The fraction of sp³-hybridized carbons (Fsp3) is 0.462. The van der Waals surface area contributed by atoms with Gasteiger partial charge in [0.15, 0.2) is 11.5 Å². The molecule has 4 nitrogen and oxygen atoms in total. The Bertz CT molecular complexity index is 517. The lowest BCUT2D eigenvalue weighted by atomic mass is 10.0. The van der Waals surface area contributed by atoms with Crippen molar-refractivity contribution in [2.75, 3.05) is 11.9 Å². The van der Waals surface area contributed by atoms with Crippen LogP contribution in [0.2, 0.25) is 0 Å². The number of aryl methyl sites for hydroxylation is 1. The van der Waals surface area contributed by atoms with Crippen molar-refractivity contribution in [1.82, 2.24) is 4.98 Å². The first-order valence-corrected chi connectivity index (χ1v) is 5.76. The quantitative estimate of drug-likeness (QED) is 0.854. The largest absolute Gasteiger partial charge is 0.441 e. The molecule has 0 bridgehead atoms. The summed E-state index contributed by atoms with van der Waals surface area (Å²) in [5, 5.41) is 12.4. The Balaban J connectivity index is 2.24. The lowest BCUT2D eigenvalue weighted by Crippen LogP contribution is -2.31. The van der Waals surface area contributed by atoms with E-state index in [-0.39, 0.29) is 12.1 Å². The van der Waals surface area contributed by atoms with Crippen molar-refractivity contribution in [3.05, 3.63) is 24.1 Å². The second kappa shape index (κ2) is 4.37. The Morgan fingerprint density at radius 1 is 1.41 bits per heavy atom. The third kappa shape index (κ3) is 2.77. The first-order chi connectivity index (χ1) is 8.00. The van der Waals surface area contributed by atoms with Crippen LogP contribution in [0.3, 0.4) is 0 Å². The molecule has 17 heavy (non-hydrogen) atoms. The molecule has 92 valence electrons. The average molecular weight is 234 g/mol. The number of hydrogen-bond donors (Lipinski definition) is 2. The monoisotopic (exact) mass is 234 g/mol. The van der Waals surface area contributed by atoms with Crippen molar-refractivity contribution in [1.29, 1.82) is 0 Å². The summed E-state index contributed by atoms with van der Waals surface area (Å²) in [6.45, 7) is 6.12. The summed E-state index contributed by atoms with van der Waals surface area (Å²) >= 11 is 0. The van der Waals surface area contributed by atoms with E-state index >= 15 is 0 Å². The third-order valence-electron chi connectivity index (χ3n) is 2.71. The normalized spacial score (nSPS) is 12.0. The standard InChI is InChI=1S/C13H18N2O2/c1-9-14-11-8-10(4-5-12(11)17-9)15-13(2,3)6-7-16/h4-5,8,15-16H,6-7H2,1-3H3. The molecule has 0 amide bonds. The molecule has 0 aliphatic heterocycles. The van der Waals surface area contributed by atoms with Crippen LogP contribution in [0.1, 0.15) is 26.2 Å². The van der Waals surface area contributed by atoms with E-state index in [2.05, 4.69) is 24.1 Å². The molecule has 0 saturated carbocycles. The Labute approximate surface area is 101 Å². The van der Waals surface area contributed by atoms with Crippen LogP contribution >= 0.6 is 0 Å². The van der Waals surface area contributed by atoms with E-state index in [1.165, 1.54) is 0 Å². The van der Waals surface area contributed by atoms with E-state index in [0.29, 0.717) is 12.3 Å². The van der Waals surface area contributed by atoms with Gasteiger partial charge in [-0.15, -0.1) is 0 Å². The van der Waals surface area contributed by atoms with Crippen LogP contribution in [0.4, 0.5) is 5.69 Å². The van der Waals surface area contributed by atoms with Crippen LogP contribution in [-0.4, -0.2) is 22.2 Å². The van der Waals surface area contributed by atoms with Crippen molar-refractivity contribution >= 4 is 16.8 Å². The van der Waals surface area contributed by atoms with E-state index in [1.807, 2.05) is 25.1 Å². The number of aliphatic hydroxyl groups is 1. The summed E-state index contributed by atoms with van der Waals surface area (Å²) in [4.78, 5) is 4.29. The number of aromatic nitrogens is 1. The number of anilines is 1. The molecule has 1 heterocycles. The minimum atomic E-state index is -0.138. The molecule has 0 spiro atoms. The molecule has 0 aliphatic carbocycles. The van der Waals surface area contributed by atoms with Crippen molar-refractivity contribution in [3.8, 4) is 0 Å². The maximum Gasteiger partial charge on any atom is 0.192 e. The Hall–Kier alpha value is -1.55. The molecule has 4 heteroatoms. The smallest absolute Gasteiger partial charge is 0.192 e. The predicted octanol–water partition coefficient (Wildman–Crippen LogP) is 2.71. The van der Waals surface area contributed by atoms with Gasteiger partial charge in [-0.25, -0.2) is 4.98 Å². The summed E-state index contributed by atoms with van der Waals surface area (Å²) in [6, 6.07) is 5.84. The van der Waals surface area contributed by atoms with Crippen LogP contribution < -0.4 is 5.32 Å². The van der Waals surface area contributed by atoms with Gasteiger partial charge in [0.2, 0.25) is 0 Å². The zero-order valence-electron chi connectivity index (χ0n) is 10.4. The highest BCUT2D eigenvalue weighted by Gasteiger charge is 2.16. The van der Waals surface area contributed by atoms with E-state index in [4.69, 9.17) is 9.52 Å². The molecule has 0 saturated heterocycles. The summed E-state index contributed by atoms with van der Waals surface area (Å²) in [5.74, 6) is 0.673. The van der Waals surface area contributed by atoms with Crippen LogP contribution in [-0.2, 0) is 0 Å². The molecule has 0 radical (unpaired) electrons. The summed E-state index contributed by atoms with van der Waals surface area (Å²) < 4.78 is 5.42. The fourth-order valence-corrected chi connectivity index (χ4v) is 1.85. The van der Waals surface area contributed by atoms with Crippen molar-refractivity contribution in [3.63, 3.8) is 0 Å². The van der Waals surface area contributed by atoms with Gasteiger partial charge in [-0.2, -0.15) is 0 Å². The number of fused-ring (bicyclic) bond motifs is 1. The number of nitrogens with zero attached hydrogens (tertiary/aromatic N) is 1. The van der Waals surface area contributed by atoms with Gasteiger partial charge in [0, 0.05) is 24.8 Å². The maximum atomic E-state index is 8.99. The predicted molar refractivity (Wildman–Crippen MR) is 68.2 cm³/mol. The fourth-order valence-electron chi connectivity index (χ4n) is 1.85. The van der Waals surface area contributed by atoms with Gasteiger partial charge in [0.1, 0.15) is 5.52 Å². The van der Waals surface area contributed by atoms with Crippen molar-refractivity contribution in [2.24, 2.45) is 0 Å². The van der Waals surface area contributed by atoms with Gasteiger partial charge in [-0.1, -0.05) is 0 Å². The number of rotatable bonds is 4. The number of oxazole rings is 1. The van der Waals surface area contributed by atoms with Gasteiger partial charge >= 0.3 is 0 Å². The Kier molecular flexibility index (Phi) is 3.07. The number of nitrogens with one attached hydrogen (secondary N) is 1. The second-order valence-corrected chi connectivity index (χ2v) is 4.90. The van der Waals surface area contributed by atoms with E-state index in [0.717, 1.165) is 16.8 Å². The maximum absolute atomic E-state index is 8.99. The molecular weight excluding hydrogens is 216 g/mol. The number of aliphatic hydroxyl groups excluding tert-OH is 1. The molecule has 0 atom stereocenters. The first kappa shape index (κ1) is 11.9. The summed E-state index contributed by atoms with van der Waals surface area (Å²) in [7, 11) is 0. The zero-order chi connectivity index (χ0) is 12.5. The van der Waals surface area contributed by atoms with Crippen LogP contribution in [0.25, 0.3) is 11.1 Å². The third-order valence-corrected chi connectivity index (χ3v) is 2.71. The summed E-state index contributed by atoms with van der Waals surface area (Å²) in [5.41, 5.74) is 2.51. The second-order valence-electron chi connectivity index (χ2n) is 4.90. The van der Waals surface area contributed by atoms with E-state index in [9.17, 15) is 0 Å². The van der Waals surface area contributed by atoms with Gasteiger partial charge in [-0.05, 0) is 38.5 Å². The number of hydrogen-bond acceptors (Lipinski definition) is 4. The van der Waals surface area contributed by atoms with Gasteiger partial charge in [-0.3, -0.25) is 0 Å². The zero-order valence-corrected chi connectivity index (χ0v) is 10.4. The lowest BCUT2D eigenvalue weighted by Gasteiger charge is -2.26. The van der Waals surface area contributed by atoms with Gasteiger partial charge in [0.25, 0.3) is 0 Å². The molecule has 2 rings (SSSR count). The van der Waals surface area contributed by atoms with Crippen molar-refractivity contribution in [2.45, 2.75) is 32.7 Å². The Morgan fingerprint density at radius 2 is 2.18 bits per heavy atom. The van der Waals surface area contributed by atoms with Gasteiger partial charge < -0.3 is 14.8 Å². The molecule has 0 unspecified atom stereocenters. The highest BCUT2D eigenvalue weighted by molar-refractivity contribution is 5.77. The minimum absolute atomic E-state index is 0.138. The summed E-state index contributed by atoms with van der Waals surface area (Å²) in [6.07, 6.45) is 0.697. The molecule has 2 aromatic rings. The van der Waals surface area contributed by atoms with E-state index in [1.54, 1.807) is 0 Å².